The number of carboxylic acids is 1. The van der Waals surface area contributed by atoms with Crippen molar-refractivity contribution in [3.63, 3.8) is 0 Å². The molecule has 4 nitrogen and oxygen atoms in total. The number of rotatable bonds is 8. The second-order valence-corrected chi connectivity index (χ2v) is 6.25. The van der Waals surface area contributed by atoms with Gasteiger partial charge in [0.25, 0.3) is 0 Å². The van der Waals surface area contributed by atoms with Crippen molar-refractivity contribution in [2.75, 3.05) is 0 Å². The van der Waals surface area contributed by atoms with E-state index in [4.69, 9.17) is 5.11 Å². The number of unbranched alkanes of at least 4 members (excludes halogenated alkanes) is 1. The minimum atomic E-state index is -0.856. The first-order chi connectivity index (χ1) is 8.86. The van der Waals surface area contributed by atoms with Crippen LogP contribution in [0.15, 0.2) is 0 Å². The average molecular weight is 269 g/mol. The first kappa shape index (κ1) is 16.0. The molecule has 1 aliphatic rings. The van der Waals surface area contributed by atoms with Gasteiger partial charge in [-0.2, -0.15) is 0 Å². The molecule has 0 aromatic carbocycles. The van der Waals surface area contributed by atoms with Gasteiger partial charge in [0.1, 0.15) is 0 Å². The van der Waals surface area contributed by atoms with E-state index in [2.05, 4.69) is 19.2 Å². The molecule has 3 unspecified atom stereocenters. The third-order valence-corrected chi connectivity index (χ3v) is 4.27. The number of hydrogen-bond donors (Lipinski definition) is 2. The van der Waals surface area contributed by atoms with Gasteiger partial charge in [-0.05, 0) is 18.3 Å². The minimum Gasteiger partial charge on any atom is -0.481 e. The molecule has 2 N–H and O–H groups in total. The van der Waals surface area contributed by atoms with Gasteiger partial charge in [-0.1, -0.05) is 47.0 Å². The van der Waals surface area contributed by atoms with Crippen LogP contribution >= 0.6 is 0 Å². The number of nitrogens with one attached hydrogen (secondary N) is 1. The molecule has 0 bridgehead atoms. The summed E-state index contributed by atoms with van der Waals surface area (Å²) in [5, 5.41) is 12.2. The van der Waals surface area contributed by atoms with E-state index in [9.17, 15) is 9.59 Å². The molecular formula is C15H27NO3. The lowest BCUT2D eigenvalue weighted by atomic mass is 10.0. The fourth-order valence-electron chi connectivity index (χ4n) is 2.97. The molecule has 0 spiro atoms. The fourth-order valence-corrected chi connectivity index (χ4v) is 2.97. The normalized spacial score (nSPS) is 25.7. The number of aliphatic carboxylic acids is 1. The topological polar surface area (TPSA) is 66.4 Å². The minimum absolute atomic E-state index is 0.0769. The second kappa shape index (κ2) is 6.40. The van der Waals surface area contributed by atoms with Crippen LogP contribution in [0.25, 0.3) is 0 Å². The Hall–Kier alpha value is -1.06. The van der Waals surface area contributed by atoms with E-state index in [0.29, 0.717) is 0 Å². The maximum Gasteiger partial charge on any atom is 0.307 e. The predicted octanol–water partition coefficient (Wildman–Crippen LogP) is 2.82. The van der Waals surface area contributed by atoms with Crippen molar-refractivity contribution in [3.05, 3.63) is 0 Å². The number of carbonyl (C=O) groups is 2. The van der Waals surface area contributed by atoms with Crippen LogP contribution in [0.2, 0.25) is 0 Å². The lowest BCUT2D eigenvalue weighted by molar-refractivity contribution is -0.140. The van der Waals surface area contributed by atoms with Crippen molar-refractivity contribution in [2.24, 2.45) is 17.3 Å². The summed E-state index contributed by atoms with van der Waals surface area (Å²) in [4.78, 5) is 23.3. The molecule has 0 radical (unpaired) electrons. The smallest absolute Gasteiger partial charge is 0.307 e. The summed E-state index contributed by atoms with van der Waals surface area (Å²) in [5.74, 6) is -1.83. The molecule has 1 fully saturated rings. The molecule has 0 aliphatic heterocycles. The zero-order valence-electron chi connectivity index (χ0n) is 12.5. The lowest BCUT2D eigenvalue weighted by Gasteiger charge is -2.18. The van der Waals surface area contributed by atoms with Crippen LogP contribution in [-0.4, -0.2) is 23.0 Å². The highest BCUT2D eigenvalue weighted by atomic mass is 16.4. The monoisotopic (exact) mass is 269 g/mol. The zero-order valence-corrected chi connectivity index (χ0v) is 12.5. The van der Waals surface area contributed by atoms with Gasteiger partial charge in [0.2, 0.25) is 5.91 Å². The van der Waals surface area contributed by atoms with E-state index in [1.807, 2.05) is 13.8 Å². The summed E-state index contributed by atoms with van der Waals surface area (Å²) >= 11 is 0. The van der Waals surface area contributed by atoms with Gasteiger partial charge in [0.15, 0.2) is 0 Å². The fraction of sp³-hybridized carbons (Fsp3) is 0.867. The Balaban J connectivity index is 2.56. The quantitative estimate of drug-likeness (QED) is 0.712. The molecule has 0 saturated heterocycles. The Kier molecular flexibility index (Phi) is 5.39. The summed E-state index contributed by atoms with van der Waals surface area (Å²) in [6.45, 7) is 7.95. The predicted molar refractivity (Wildman–Crippen MR) is 74.8 cm³/mol. The molecule has 1 amide bonds. The van der Waals surface area contributed by atoms with Crippen molar-refractivity contribution in [1.82, 2.24) is 5.32 Å². The zero-order chi connectivity index (χ0) is 14.6. The number of hydrogen-bond acceptors (Lipinski definition) is 2. The average Bonchev–Trinajstić information content (AvgIpc) is 2.89. The van der Waals surface area contributed by atoms with E-state index in [0.717, 1.165) is 32.1 Å². The van der Waals surface area contributed by atoms with Crippen LogP contribution in [0.1, 0.15) is 59.8 Å². The largest absolute Gasteiger partial charge is 0.481 e. The van der Waals surface area contributed by atoms with E-state index in [1.54, 1.807) is 0 Å². The first-order valence-electron chi connectivity index (χ1n) is 7.39. The Morgan fingerprint density at radius 2 is 1.79 bits per heavy atom. The highest BCUT2D eigenvalue weighted by Gasteiger charge is 2.65. The Morgan fingerprint density at radius 3 is 2.21 bits per heavy atom. The molecule has 4 heteroatoms. The van der Waals surface area contributed by atoms with Crippen LogP contribution in [0.5, 0.6) is 0 Å². The van der Waals surface area contributed by atoms with E-state index < -0.39 is 17.3 Å². The Labute approximate surface area is 116 Å². The molecule has 1 saturated carbocycles. The van der Waals surface area contributed by atoms with Gasteiger partial charge >= 0.3 is 5.97 Å². The summed E-state index contributed by atoms with van der Waals surface area (Å²) in [6, 6.07) is 0.197. The molecule has 1 rings (SSSR count). The molecular weight excluding hydrogens is 242 g/mol. The Morgan fingerprint density at radius 1 is 1.16 bits per heavy atom. The van der Waals surface area contributed by atoms with Crippen molar-refractivity contribution in [1.29, 1.82) is 0 Å². The van der Waals surface area contributed by atoms with Crippen molar-refractivity contribution in [2.45, 2.75) is 65.8 Å². The van der Waals surface area contributed by atoms with E-state index in [-0.39, 0.29) is 17.9 Å². The van der Waals surface area contributed by atoms with Crippen LogP contribution in [-0.2, 0) is 9.59 Å². The first-order valence-corrected chi connectivity index (χ1v) is 7.39. The van der Waals surface area contributed by atoms with Gasteiger partial charge < -0.3 is 10.4 Å². The second-order valence-electron chi connectivity index (χ2n) is 6.25. The maximum atomic E-state index is 12.2. The molecule has 1 aliphatic carbocycles. The van der Waals surface area contributed by atoms with Crippen molar-refractivity contribution >= 4 is 11.9 Å². The highest BCUT2D eigenvalue weighted by Crippen LogP contribution is 2.58. The number of carbonyl (C=O) groups excluding carboxylic acids is 1. The summed E-state index contributed by atoms with van der Waals surface area (Å²) < 4.78 is 0. The molecule has 0 aromatic heterocycles. The molecule has 19 heavy (non-hydrogen) atoms. The summed E-state index contributed by atoms with van der Waals surface area (Å²) in [6.07, 6.45) is 5.20. The molecule has 0 aromatic rings. The maximum absolute atomic E-state index is 12.2. The van der Waals surface area contributed by atoms with Crippen LogP contribution < -0.4 is 5.32 Å². The molecule has 3 atom stereocenters. The van der Waals surface area contributed by atoms with Crippen molar-refractivity contribution in [3.8, 4) is 0 Å². The summed E-state index contributed by atoms with van der Waals surface area (Å²) in [5.41, 5.74) is -0.405. The van der Waals surface area contributed by atoms with Gasteiger partial charge in [0.05, 0.1) is 11.8 Å². The number of carboxylic acid groups (broad SMARTS) is 1. The van der Waals surface area contributed by atoms with E-state index >= 15 is 0 Å². The van der Waals surface area contributed by atoms with Gasteiger partial charge in [0, 0.05) is 6.04 Å². The summed E-state index contributed by atoms with van der Waals surface area (Å²) in [7, 11) is 0. The van der Waals surface area contributed by atoms with Gasteiger partial charge in [-0.25, -0.2) is 0 Å². The van der Waals surface area contributed by atoms with Crippen molar-refractivity contribution < 1.29 is 14.7 Å². The lowest BCUT2D eigenvalue weighted by Crippen LogP contribution is -2.37. The van der Waals surface area contributed by atoms with Crippen LogP contribution in [0, 0.1) is 17.3 Å². The standard InChI is InChI=1S/C15H27NO3/c1-5-7-9-10(8-6-2)16-13(17)11-12(14(18)19)15(11,3)4/h10-12H,5-9H2,1-4H3,(H,16,17)(H,18,19). The SMILES string of the molecule is CCCCC(CCC)NC(=O)C1C(C(=O)O)C1(C)C. The van der Waals surface area contributed by atoms with Crippen LogP contribution in [0.4, 0.5) is 0 Å². The molecule has 110 valence electrons. The third kappa shape index (κ3) is 3.71. The van der Waals surface area contributed by atoms with E-state index in [1.165, 1.54) is 0 Å². The highest BCUT2D eigenvalue weighted by molar-refractivity contribution is 5.91. The Bertz CT molecular complexity index is 338. The third-order valence-electron chi connectivity index (χ3n) is 4.27. The van der Waals surface area contributed by atoms with Crippen LogP contribution in [0.3, 0.4) is 0 Å². The molecule has 0 heterocycles. The van der Waals surface area contributed by atoms with Gasteiger partial charge in [-0.15, -0.1) is 0 Å². The van der Waals surface area contributed by atoms with Gasteiger partial charge in [-0.3, -0.25) is 9.59 Å². The number of amides is 1.